The van der Waals surface area contributed by atoms with Crippen molar-refractivity contribution in [1.29, 1.82) is 0 Å². The molecule has 0 aliphatic carbocycles. The van der Waals surface area contributed by atoms with Gasteiger partial charge < -0.3 is 15.5 Å². The summed E-state index contributed by atoms with van der Waals surface area (Å²) in [5.41, 5.74) is 11.4. The molecule has 0 atom stereocenters. The SMILES string of the molecule is CN(C)CCNC(=O)c1cccc2c(NCCN=[N+]=[N-])c3ccccc3nc12. The lowest BCUT2D eigenvalue weighted by Crippen LogP contribution is -2.31. The minimum absolute atomic E-state index is 0.143. The number of fused-ring (bicyclic) bond motifs is 2. The van der Waals surface area contributed by atoms with E-state index in [0.717, 1.165) is 28.5 Å². The molecule has 1 aromatic heterocycles. The summed E-state index contributed by atoms with van der Waals surface area (Å²) in [6.45, 7) is 2.15. The van der Waals surface area contributed by atoms with Crippen molar-refractivity contribution >= 4 is 33.4 Å². The molecule has 8 nitrogen and oxygen atoms in total. The third kappa shape index (κ3) is 4.31. The Morgan fingerprint density at radius 3 is 2.71 bits per heavy atom. The van der Waals surface area contributed by atoms with Crippen LogP contribution in [-0.2, 0) is 0 Å². The van der Waals surface area contributed by atoms with Crippen LogP contribution in [0, 0.1) is 0 Å². The van der Waals surface area contributed by atoms with E-state index in [9.17, 15) is 4.79 Å². The topological polar surface area (TPSA) is 106 Å². The molecular weight excluding hydrogens is 354 g/mol. The van der Waals surface area contributed by atoms with Crippen LogP contribution in [0.1, 0.15) is 10.4 Å². The van der Waals surface area contributed by atoms with Crippen LogP contribution in [0.2, 0.25) is 0 Å². The average molecular weight is 377 g/mol. The molecule has 0 radical (unpaired) electrons. The van der Waals surface area contributed by atoms with Crippen LogP contribution in [0.3, 0.4) is 0 Å². The largest absolute Gasteiger partial charge is 0.384 e. The van der Waals surface area contributed by atoms with Gasteiger partial charge in [0.1, 0.15) is 0 Å². The van der Waals surface area contributed by atoms with Crippen LogP contribution in [-0.4, -0.2) is 56.1 Å². The molecule has 3 rings (SSSR count). The fourth-order valence-electron chi connectivity index (χ4n) is 3.05. The standard InChI is InChI=1S/C20H23N7O/c1-27(2)13-12-23-20(28)16-8-5-7-15-18(22-10-11-24-26-21)14-6-3-4-9-17(14)25-19(15)16/h3-9H,10-13H2,1-2H3,(H,22,25)(H,23,28). The number of hydrogen-bond donors (Lipinski definition) is 2. The summed E-state index contributed by atoms with van der Waals surface area (Å²) in [4.78, 5) is 22.3. The summed E-state index contributed by atoms with van der Waals surface area (Å²) >= 11 is 0. The Morgan fingerprint density at radius 2 is 1.93 bits per heavy atom. The van der Waals surface area contributed by atoms with Gasteiger partial charge in [-0.3, -0.25) is 4.79 Å². The summed E-state index contributed by atoms with van der Waals surface area (Å²) in [6.07, 6.45) is 0. The van der Waals surface area contributed by atoms with E-state index in [1.54, 1.807) is 6.07 Å². The summed E-state index contributed by atoms with van der Waals surface area (Å²) in [5, 5.41) is 11.7. The Balaban J connectivity index is 2.04. The van der Waals surface area contributed by atoms with E-state index in [1.807, 2.05) is 55.4 Å². The third-order valence-corrected chi connectivity index (χ3v) is 4.38. The van der Waals surface area contributed by atoms with Crippen LogP contribution in [0.4, 0.5) is 5.69 Å². The first-order valence-corrected chi connectivity index (χ1v) is 9.11. The quantitative estimate of drug-likeness (QED) is 0.206. The molecule has 0 saturated heterocycles. The molecule has 0 saturated carbocycles. The second-order valence-electron chi connectivity index (χ2n) is 6.65. The first kappa shape index (κ1) is 19.4. The molecule has 2 N–H and O–H groups in total. The van der Waals surface area contributed by atoms with E-state index < -0.39 is 0 Å². The lowest BCUT2D eigenvalue weighted by Gasteiger charge is -2.15. The summed E-state index contributed by atoms with van der Waals surface area (Å²) in [7, 11) is 3.93. The number of nitrogens with zero attached hydrogens (tertiary/aromatic N) is 5. The predicted octanol–water partition coefficient (Wildman–Crippen LogP) is 3.40. The number of anilines is 1. The molecule has 144 valence electrons. The fraction of sp³-hybridized carbons (Fsp3) is 0.300. The lowest BCUT2D eigenvalue weighted by molar-refractivity contribution is 0.0952. The van der Waals surface area contributed by atoms with Gasteiger partial charge in [0.2, 0.25) is 0 Å². The van der Waals surface area contributed by atoms with Crippen molar-refractivity contribution < 1.29 is 4.79 Å². The number of carbonyl (C=O) groups excluding carboxylic acids is 1. The maximum absolute atomic E-state index is 12.7. The second-order valence-corrected chi connectivity index (χ2v) is 6.65. The third-order valence-electron chi connectivity index (χ3n) is 4.38. The Labute approximate surface area is 163 Å². The first-order chi connectivity index (χ1) is 13.6. The second kappa shape index (κ2) is 9.03. The van der Waals surface area contributed by atoms with Crippen molar-refractivity contribution in [2.24, 2.45) is 5.11 Å². The van der Waals surface area contributed by atoms with Crippen LogP contribution in [0.5, 0.6) is 0 Å². The van der Waals surface area contributed by atoms with Gasteiger partial charge in [0.05, 0.1) is 22.3 Å². The highest BCUT2D eigenvalue weighted by molar-refractivity contribution is 6.14. The number of nitrogens with one attached hydrogen (secondary N) is 2. The highest BCUT2D eigenvalue weighted by Crippen LogP contribution is 2.32. The van der Waals surface area contributed by atoms with Gasteiger partial charge in [-0.2, -0.15) is 0 Å². The number of carbonyl (C=O) groups is 1. The Hall–Kier alpha value is -3.35. The maximum atomic E-state index is 12.7. The zero-order valence-electron chi connectivity index (χ0n) is 16.0. The van der Waals surface area contributed by atoms with Crippen LogP contribution in [0.25, 0.3) is 32.2 Å². The van der Waals surface area contributed by atoms with Gasteiger partial charge >= 0.3 is 0 Å². The van der Waals surface area contributed by atoms with Crippen molar-refractivity contribution in [3.8, 4) is 0 Å². The van der Waals surface area contributed by atoms with E-state index in [-0.39, 0.29) is 5.91 Å². The molecule has 2 aromatic carbocycles. The van der Waals surface area contributed by atoms with E-state index >= 15 is 0 Å². The molecule has 3 aromatic rings. The molecule has 1 amide bonds. The number of benzene rings is 2. The molecule has 0 spiro atoms. The summed E-state index contributed by atoms with van der Waals surface area (Å²) in [6, 6.07) is 13.4. The number of amides is 1. The Morgan fingerprint density at radius 1 is 1.14 bits per heavy atom. The van der Waals surface area contributed by atoms with Crippen molar-refractivity contribution in [1.82, 2.24) is 15.2 Å². The zero-order chi connectivity index (χ0) is 19.9. The maximum Gasteiger partial charge on any atom is 0.253 e. The number of hydrogen-bond acceptors (Lipinski definition) is 5. The molecule has 0 aliphatic rings. The van der Waals surface area contributed by atoms with E-state index in [4.69, 9.17) is 10.5 Å². The highest BCUT2D eigenvalue weighted by Gasteiger charge is 2.15. The van der Waals surface area contributed by atoms with Crippen LogP contribution >= 0.6 is 0 Å². The summed E-state index contributed by atoms with van der Waals surface area (Å²) < 4.78 is 0. The molecule has 0 aliphatic heterocycles. The van der Waals surface area contributed by atoms with Gasteiger partial charge in [0, 0.05) is 41.9 Å². The van der Waals surface area contributed by atoms with Gasteiger partial charge in [0.25, 0.3) is 5.91 Å². The number of likely N-dealkylation sites (N-methyl/N-ethyl adjacent to an activating group) is 1. The van der Waals surface area contributed by atoms with Gasteiger partial charge in [-0.05, 0) is 31.8 Å². The number of rotatable bonds is 8. The van der Waals surface area contributed by atoms with Crippen molar-refractivity contribution in [3.63, 3.8) is 0 Å². The predicted molar refractivity (Wildman–Crippen MR) is 113 cm³/mol. The van der Waals surface area contributed by atoms with Crippen molar-refractivity contribution in [2.45, 2.75) is 0 Å². The molecular formula is C20H23N7O. The minimum Gasteiger partial charge on any atom is -0.384 e. The number of pyridine rings is 1. The van der Waals surface area contributed by atoms with Crippen molar-refractivity contribution in [3.05, 3.63) is 58.5 Å². The zero-order valence-corrected chi connectivity index (χ0v) is 16.0. The van der Waals surface area contributed by atoms with Crippen LogP contribution in [0.15, 0.2) is 47.6 Å². The molecule has 0 fully saturated rings. The molecule has 1 heterocycles. The monoisotopic (exact) mass is 377 g/mol. The Kier molecular flexibility index (Phi) is 6.26. The number of aromatic nitrogens is 1. The normalized spacial score (nSPS) is 10.8. The highest BCUT2D eigenvalue weighted by atomic mass is 16.1. The van der Waals surface area contributed by atoms with E-state index in [0.29, 0.717) is 30.7 Å². The molecule has 0 unspecified atom stereocenters. The Bertz CT molecular complexity index is 1040. The minimum atomic E-state index is -0.143. The van der Waals surface area contributed by atoms with Crippen LogP contribution < -0.4 is 10.6 Å². The van der Waals surface area contributed by atoms with Gasteiger partial charge in [-0.15, -0.1) is 0 Å². The van der Waals surface area contributed by atoms with E-state index in [1.165, 1.54) is 0 Å². The lowest BCUT2D eigenvalue weighted by atomic mass is 10.0. The van der Waals surface area contributed by atoms with Gasteiger partial charge in [-0.1, -0.05) is 35.4 Å². The van der Waals surface area contributed by atoms with Gasteiger partial charge in [-0.25, -0.2) is 4.98 Å². The molecule has 0 bridgehead atoms. The smallest absolute Gasteiger partial charge is 0.253 e. The fourth-order valence-corrected chi connectivity index (χ4v) is 3.05. The first-order valence-electron chi connectivity index (χ1n) is 9.11. The van der Waals surface area contributed by atoms with Crippen molar-refractivity contribution in [2.75, 3.05) is 45.6 Å². The molecule has 8 heteroatoms. The van der Waals surface area contributed by atoms with Gasteiger partial charge in [0.15, 0.2) is 0 Å². The number of para-hydroxylation sites is 2. The summed E-state index contributed by atoms with van der Waals surface area (Å²) in [5.74, 6) is -0.143. The number of azide groups is 1. The average Bonchev–Trinajstić information content (AvgIpc) is 2.69. The molecule has 28 heavy (non-hydrogen) atoms. The van der Waals surface area contributed by atoms with E-state index in [2.05, 4.69) is 20.7 Å².